The highest BCUT2D eigenvalue weighted by molar-refractivity contribution is 7.09. The lowest BCUT2D eigenvalue weighted by atomic mass is 10.2. The topological polar surface area (TPSA) is 82.5 Å². The summed E-state index contributed by atoms with van der Waals surface area (Å²) in [7, 11) is 2.15. The minimum atomic E-state index is 0.199. The third-order valence-electron chi connectivity index (χ3n) is 5.68. The van der Waals surface area contributed by atoms with Gasteiger partial charge in [0.2, 0.25) is 0 Å². The van der Waals surface area contributed by atoms with Gasteiger partial charge in [-0.1, -0.05) is 6.07 Å². The van der Waals surface area contributed by atoms with E-state index in [-0.39, 0.29) is 5.76 Å². The van der Waals surface area contributed by atoms with Gasteiger partial charge in [0, 0.05) is 36.7 Å². The van der Waals surface area contributed by atoms with Gasteiger partial charge in [0.25, 0.3) is 0 Å². The Labute approximate surface area is 173 Å². The lowest BCUT2D eigenvalue weighted by Gasteiger charge is -2.34. The van der Waals surface area contributed by atoms with E-state index < -0.39 is 0 Å². The number of aliphatic hydroxyl groups is 1. The lowest BCUT2D eigenvalue weighted by Crippen LogP contribution is -2.44. The smallest absolute Gasteiger partial charge is 0.145 e. The molecule has 1 fully saturated rings. The van der Waals surface area contributed by atoms with Crippen LogP contribution in [0, 0.1) is 5.41 Å². The van der Waals surface area contributed by atoms with E-state index in [0.717, 1.165) is 37.2 Å². The summed E-state index contributed by atoms with van der Waals surface area (Å²) in [5.74, 6) is 1.07. The van der Waals surface area contributed by atoms with E-state index in [1.807, 2.05) is 28.5 Å². The van der Waals surface area contributed by atoms with E-state index in [2.05, 4.69) is 38.9 Å². The average molecular weight is 409 g/mol. The number of aromatic nitrogens is 2. The van der Waals surface area contributed by atoms with Crippen LogP contribution in [-0.2, 0) is 6.54 Å². The Balaban J connectivity index is 1.40. The van der Waals surface area contributed by atoms with Crippen molar-refractivity contribution in [3.8, 4) is 0 Å². The Kier molecular flexibility index (Phi) is 4.52. The summed E-state index contributed by atoms with van der Waals surface area (Å²) in [6.07, 6.45) is 0. The van der Waals surface area contributed by atoms with E-state index in [1.54, 1.807) is 11.3 Å². The van der Waals surface area contributed by atoms with Crippen LogP contribution >= 0.6 is 11.3 Å². The number of thiophene rings is 1. The van der Waals surface area contributed by atoms with Crippen molar-refractivity contribution < 1.29 is 5.11 Å². The number of H-pyrrole nitrogens is 1. The molecule has 0 bridgehead atoms. The summed E-state index contributed by atoms with van der Waals surface area (Å²) in [4.78, 5) is 15.8. The number of likely N-dealkylation sites (N-methyl/N-ethyl adjacent to an activating group) is 1. The zero-order valence-corrected chi connectivity index (χ0v) is 17.2. The minimum absolute atomic E-state index is 0.199. The van der Waals surface area contributed by atoms with Crippen molar-refractivity contribution in [1.29, 1.82) is 5.41 Å². The molecule has 29 heavy (non-hydrogen) atoms. The zero-order chi connectivity index (χ0) is 20.0. The molecular weight excluding hydrogens is 384 g/mol. The molecule has 0 spiro atoms. The van der Waals surface area contributed by atoms with Crippen molar-refractivity contribution in [2.45, 2.75) is 6.54 Å². The van der Waals surface area contributed by atoms with Gasteiger partial charge >= 0.3 is 0 Å². The van der Waals surface area contributed by atoms with E-state index in [4.69, 9.17) is 5.41 Å². The van der Waals surface area contributed by atoms with Gasteiger partial charge in [0.15, 0.2) is 0 Å². The summed E-state index contributed by atoms with van der Waals surface area (Å²) >= 11 is 1.66. The predicted molar refractivity (Wildman–Crippen MR) is 118 cm³/mol. The van der Waals surface area contributed by atoms with Crippen LogP contribution in [0.15, 0.2) is 41.5 Å². The van der Waals surface area contributed by atoms with Crippen molar-refractivity contribution in [2.75, 3.05) is 44.7 Å². The molecule has 8 heteroatoms. The maximum absolute atomic E-state index is 10.5. The molecule has 2 aromatic heterocycles. The van der Waals surface area contributed by atoms with Crippen molar-refractivity contribution in [3.05, 3.63) is 52.2 Å². The number of fused-ring (bicyclic) bond motifs is 1. The molecule has 0 unspecified atom stereocenters. The molecule has 2 aliphatic heterocycles. The third-order valence-corrected chi connectivity index (χ3v) is 6.54. The number of piperazine rings is 1. The van der Waals surface area contributed by atoms with Crippen LogP contribution in [0.25, 0.3) is 16.6 Å². The number of hydrogen-bond acceptors (Lipinski definition) is 6. The molecule has 4 heterocycles. The maximum Gasteiger partial charge on any atom is 0.145 e. The van der Waals surface area contributed by atoms with Gasteiger partial charge in [-0.3, -0.25) is 5.41 Å². The molecule has 5 rings (SSSR count). The van der Waals surface area contributed by atoms with Gasteiger partial charge in [-0.05, 0) is 36.7 Å². The third kappa shape index (κ3) is 3.38. The molecule has 3 aromatic rings. The average Bonchev–Trinajstić information content (AvgIpc) is 3.42. The molecule has 3 N–H and O–H groups in total. The minimum Gasteiger partial charge on any atom is -0.510 e. The van der Waals surface area contributed by atoms with Gasteiger partial charge in [-0.15, -0.1) is 11.3 Å². The number of aromatic amines is 1. The monoisotopic (exact) mass is 408 g/mol. The van der Waals surface area contributed by atoms with Crippen molar-refractivity contribution >= 4 is 39.5 Å². The molecule has 0 amide bonds. The second-order valence-electron chi connectivity index (χ2n) is 7.68. The number of imidazole rings is 1. The first kappa shape index (κ1) is 18.2. The highest BCUT2D eigenvalue weighted by Gasteiger charge is 2.30. The Bertz CT molecular complexity index is 1080. The first-order chi connectivity index (χ1) is 14.1. The number of anilines is 1. The lowest BCUT2D eigenvalue weighted by molar-refractivity contribution is 0.313. The number of amidine groups is 1. The summed E-state index contributed by atoms with van der Waals surface area (Å²) < 4.78 is 0. The fourth-order valence-corrected chi connectivity index (χ4v) is 4.70. The summed E-state index contributed by atoms with van der Waals surface area (Å²) in [6, 6.07) is 10.3. The first-order valence-electron chi connectivity index (χ1n) is 9.80. The maximum atomic E-state index is 10.5. The van der Waals surface area contributed by atoms with Crippen LogP contribution in [0.3, 0.4) is 0 Å². The fraction of sp³-hybridized carbons (Fsp3) is 0.333. The van der Waals surface area contributed by atoms with Gasteiger partial charge < -0.3 is 24.8 Å². The van der Waals surface area contributed by atoms with Gasteiger partial charge in [0.05, 0.1) is 29.7 Å². The number of benzene rings is 1. The molecule has 1 saturated heterocycles. The first-order valence-corrected chi connectivity index (χ1v) is 10.7. The van der Waals surface area contributed by atoms with E-state index in [9.17, 15) is 5.11 Å². The second kappa shape index (κ2) is 7.20. The number of nitrogens with zero attached hydrogens (tertiary/aromatic N) is 4. The number of aliphatic hydroxyl groups excluding tert-OH is 1. The fourth-order valence-electron chi connectivity index (χ4n) is 3.99. The Morgan fingerprint density at radius 3 is 2.79 bits per heavy atom. The van der Waals surface area contributed by atoms with Crippen LogP contribution in [0.2, 0.25) is 0 Å². The normalized spacial score (nSPS) is 18.4. The van der Waals surface area contributed by atoms with Crippen molar-refractivity contribution in [1.82, 2.24) is 19.8 Å². The van der Waals surface area contributed by atoms with E-state index >= 15 is 0 Å². The second-order valence-corrected chi connectivity index (χ2v) is 8.72. The summed E-state index contributed by atoms with van der Waals surface area (Å²) in [5, 5.41) is 21.1. The van der Waals surface area contributed by atoms with Gasteiger partial charge in [0.1, 0.15) is 17.4 Å². The summed E-state index contributed by atoms with van der Waals surface area (Å²) in [6.45, 7) is 5.11. The van der Waals surface area contributed by atoms with E-state index in [1.165, 1.54) is 10.6 Å². The van der Waals surface area contributed by atoms with Crippen LogP contribution in [0.5, 0.6) is 0 Å². The zero-order valence-electron chi connectivity index (χ0n) is 16.4. The van der Waals surface area contributed by atoms with Gasteiger partial charge in [-0.25, -0.2) is 4.98 Å². The Hall–Kier alpha value is -2.84. The Morgan fingerprint density at radius 2 is 2.03 bits per heavy atom. The van der Waals surface area contributed by atoms with Crippen molar-refractivity contribution in [2.24, 2.45) is 0 Å². The summed E-state index contributed by atoms with van der Waals surface area (Å²) in [5.41, 5.74) is 3.46. The number of nitrogens with one attached hydrogen (secondary N) is 2. The van der Waals surface area contributed by atoms with E-state index in [0.29, 0.717) is 30.3 Å². The molecular formula is C21H24N6OS. The quantitative estimate of drug-likeness (QED) is 0.618. The van der Waals surface area contributed by atoms with Crippen LogP contribution in [0.4, 0.5) is 5.69 Å². The molecule has 1 aromatic carbocycles. The van der Waals surface area contributed by atoms with Crippen molar-refractivity contribution in [3.63, 3.8) is 0 Å². The van der Waals surface area contributed by atoms with Crippen LogP contribution < -0.4 is 4.90 Å². The predicted octanol–water partition coefficient (Wildman–Crippen LogP) is 3.14. The molecule has 150 valence electrons. The van der Waals surface area contributed by atoms with Crippen LogP contribution in [0.1, 0.15) is 10.7 Å². The molecule has 0 saturated carbocycles. The SMILES string of the molecule is CN1CCN(c2ccc3nc(C4=C(O)CN(Cc5cccs5)C4=N)[nH]c3c2)CC1. The standard InChI is InChI=1S/C21H24N6OS/c1-25-6-8-26(9-7-25)14-4-5-16-17(11-14)24-21(23-16)19-18(28)13-27(20(19)22)12-15-3-2-10-29-15/h2-5,10-11,22,28H,6-9,12-13H2,1H3,(H,23,24). The molecule has 0 radical (unpaired) electrons. The Morgan fingerprint density at radius 1 is 1.21 bits per heavy atom. The number of rotatable bonds is 4. The highest BCUT2D eigenvalue weighted by Crippen LogP contribution is 2.30. The molecule has 2 aliphatic rings. The molecule has 0 atom stereocenters. The largest absolute Gasteiger partial charge is 0.510 e. The van der Waals surface area contributed by atoms with Gasteiger partial charge in [-0.2, -0.15) is 0 Å². The molecule has 0 aliphatic carbocycles. The number of hydrogen-bond donors (Lipinski definition) is 3. The molecule has 7 nitrogen and oxygen atoms in total. The highest BCUT2D eigenvalue weighted by atomic mass is 32.1. The van der Waals surface area contributed by atoms with Crippen LogP contribution in [-0.4, -0.2) is 70.5 Å².